The number of nitrogens with zero attached hydrogens (tertiary/aromatic N) is 5. The summed E-state index contributed by atoms with van der Waals surface area (Å²) in [6.45, 7) is 1.69. The van der Waals surface area contributed by atoms with Gasteiger partial charge < -0.3 is 9.42 Å². The Morgan fingerprint density at radius 2 is 2.00 bits per heavy atom. The number of aromatic nitrogens is 4. The highest BCUT2D eigenvalue weighted by Gasteiger charge is 2.27. The average Bonchev–Trinajstić information content (AvgIpc) is 3.35. The lowest BCUT2D eigenvalue weighted by molar-refractivity contribution is -0.134. The molecule has 4 rings (SSSR count). The fourth-order valence-corrected chi connectivity index (χ4v) is 4.15. The van der Waals surface area contributed by atoms with Crippen molar-refractivity contribution >= 4 is 5.91 Å². The number of likely N-dealkylation sites (tertiary alicyclic amines) is 1. The first-order valence-electron chi connectivity index (χ1n) is 9.64. The van der Waals surface area contributed by atoms with E-state index in [2.05, 4.69) is 20.1 Å². The van der Waals surface area contributed by atoms with Crippen molar-refractivity contribution in [3.8, 4) is 11.5 Å². The lowest BCUT2D eigenvalue weighted by atomic mass is 9.93. The molecule has 3 heterocycles. The number of amides is 1. The summed E-state index contributed by atoms with van der Waals surface area (Å²) >= 11 is 0. The number of piperidine rings is 1. The SMILES string of the molecule is O=C(CC1CCCC1)N1CCCC(Cc2nc(-c3cnccn3)no2)C1. The quantitative estimate of drug-likeness (QED) is 0.820. The first kappa shape index (κ1) is 17.1. The number of hydrogen-bond donors (Lipinski definition) is 0. The van der Waals surface area contributed by atoms with Gasteiger partial charge in [-0.1, -0.05) is 18.0 Å². The van der Waals surface area contributed by atoms with E-state index in [0.717, 1.165) is 32.4 Å². The molecule has 1 unspecified atom stereocenters. The second-order valence-electron chi connectivity index (χ2n) is 7.51. The van der Waals surface area contributed by atoms with Crippen LogP contribution in [0.25, 0.3) is 11.5 Å². The number of carbonyl (C=O) groups is 1. The van der Waals surface area contributed by atoms with Gasteiger partial charge in [0.15, 0.2) is 0 Å². The number of hydrogen-bond acceptors (Lipinski definition) is 6. The largest absolute Gasteiger partial charge is 0.342 e. The van der Waals surface area contributed by atoms with Crippen molar-refractivity contribution in [1.82, 2.24) is 25.0 Å². The van der Waals surface area contributed by atoms with Gasteiger partial charge in [0.05, 0.1) is 6.20 Å². The zero-order chi connectivity index (χ0) is 17.8. The molecular formula is C19H25N5O2. The van der Waals surface area contributed by atoms with Crippen LogP contribution in [0.3, 0.4) is 0 Å². The number of carbonyl (C=O) groups excluding carboxylic acids is 1. The first-order chi connectivity index (χ1) is 12.8. The Kier molecular flexibility index (Phi) is 5.22. The minimum absolute atomic E-state index is 0.326. The van der Waals surface area contributed by atoms with Crippen molar-refractivity contribution < 1.29 is 9.32 Å². The van der Waals surface area contributed by atoms with E-state index in [1.54, 1.807) is 18.6 Å². The molecule has 7 nitrogen and oxygen atoms in total. The van der Waals surface area contributed by atoms with Crippen LogP contribution in [-0.2, 0) is 11.2 Å². The van der Waals surface area contributed by atoms with E-state index < -0.39 is 0 Å². The molecular weight excluding hydrogens is 330 g/mol. The Morgan fingerprint density at radius 3 is 2.81 bits per heavy atom. The predicted molar refractivity (Wildman–Crippen MR) is 94.9 cm³/mol. The maximum atomic E-state index is 12.6. The third kappa shape index (κ3) is 4.08. The second-order valence-corrected chi connectivity index (χ2v) is 7.51. The molecule has 138 valence electrons. The fraction of sp³-hybridized carbons (Fsp3) is 0.632. The van der Waals surface area contributed by atoms with Crippen LogP contribution in [0.4, 0.5) is 0 Å². The summed E-state index contributed by atoms with van der Waals surface area (Å²) in [6.07, 6.45) is 13.4. The predicted octanol–water partition coefficient (Wildman–Crippen LogP) is 2.89. The van der Waals surface area contributed by atoms with Crippen LogP contribution in [0.5, 0.6) is 0 Å². The second kappa shape index (κ2) is 7.93. The molecule has 1 aliphatic heterocycles. The molecule has 0 spiro atoms. The average molecular weight is 355 g/mol. The van der Waals surface area contributed by atoms with Crippen LogP contribution in [-0.4, -0.2) is 44.0 Å². The monoisotopic (exact) mass is 355 g/mol. The number of rotatable bonds is 5. The molecule has 0 bridgehead atoms. The first-order valence-corrected chi connectivity index (χ1v) is 9.64. The maximum absolute atomic E-state index is 12.6. The molecule has 2 aromatic heterocycles. The van der Waals surface area contributed by atoms with Gasteiger partial charge in [0, 0.05) is 38.3 Å². The van der Waals surface area contributed by atoms with Gasteiger partial charge in [-0.2, -0.15) is 4.98 Å². The van der Waals surface area contributed by atoms with Crippen molar-refractivity contribution in [3.63, 3.8) is 0 Å². The Morgan fingerprint density at radius 1 is 1.15 bits per heavy atom. The fourth-order valence-electron chi connectivity index (χ4n) is 4.15. The van der Waals surface area contributed by atoms with E-state index in [0.29, 0.717) is 41.6 Å². The molecule has 1 atom stereocenters. The highest BCUT2D eigenvalue weighted by atomic mass is 16.5. The van der Waals surface area contributed by atoms with Crippen LogP contribution < -0.4 is 0 Å². The minimum Gasteiger partial charge on any atom is -0.342 e. The van der Waals surface area contributed by atoms with Gasteiger partial charge in [0.25, 0.3) is 0 Å². The van der Waals surface area contributed by atoms with Crippen molar-refractivity contribution in [2.45, 2.75) is 51.4 Å². The molecule has 1 saturated heterocycles. The molecule has 2 aromatic rings. The summed E-state index contributed by atoms with van der Waals surface area (Å²) in [5.41, 5.74) is 0.611. The van der Waals surface area contributed by atoms with E-state index in [9.17, 15) is 4.79 Å². The van der Waals surface area contributed by atoms with Gasteiger partial charge in [0.1, 0.15) is 5.69 Å². The van der Waals surface area contributed by atoms with Crippen molar-refractivity contribution in [2.24, 2.45) is 11.8 Å². The van der Waals surface area contributed by atoms with Crippen molar-refractivity contribution in [1.29, 1.82) is 0 Å². The Balaban J connectivity index is 1.33. The van der Waals surface area contributed by atoms with Crippen LogP contribution in [0.1, 0.15) is 50.8 Å². The summed E-state index contributed by atoms with van der Waals surface area (Å²) < 4.78 is 5.39. The van der Waals surface area contributed by atoms with Crippen LogP contribution in [0, 0.1) is 11.8 Å². The van der Waals surface area contributed by atoms with Gasteiger partial charge in [-0.3, -0.25) is 9.78 Å². The highest BCUT2D eigenvalue weighted by Crippen LogP contribution is 2.29. The van der Waals surface area contributed by atoms with E-state index in [1.165, 1.54) is 25.7 Å². The lowest BCUT2D eigenvalue weighted by Crippen LogP contribution is -2.41. The van der Waals surface area contributed by atoms with Gasteiger partial charge in [0.2, 0.25) is 17.6 Å². The van der Waals surface area contributed by atoms with E-state index >= 15 is 0 Å². The Hall–Kier alpha value is -2.31. The maximum Gasteiger partial charge on any atom is 0.227 e. The smallest absolute Gasteiger partial charge is 0.227 e. The molecule has 2 aliphatic rings. The third-order valence-corrected chi connectivity index (χ3v) is 5.53. The topological polar surface area (TPSA) is 85.0 Å². The summed E-state index contributed by atoms with van der Waals surface area (Å²) in [7, 11) is 0. The Bertz CT molecular complexity index is 727. The van der Waals surface area contributed by atoms with Gasteiger partial charge in [-0.05, 0) is 37.5 Å². The van der Waals surface area contributed by atoms with Gasteiger partial charge in [-0.25, -0.2) is 4.98 Å². The molecule has 0 radical (unpaired) electrons. The molecule has 1 saturated carbocycles. The van der Waals surface area contributed by atoms with Crippen LogP contribution in [0.15, 0.2) is 23.1 Å². The van der Waals surface area contributed by atoms with E-state index in [4.69, 9.17) is 4.52 Å². The third-order valence-electron chi connectivity index (χ3n) is 5.53. The van der Waals surface area contributed by atoms with Crippen molar-refractivity contribution in [3.05, 3.63) is 24.5 Å². The lowest BCUT2D eigenvalue weighted by Gasteiger charge is -2.33. The van der Waals surface area contributed by atoms with E-state index in [-0.39, 0.29) is 0 Å². The zero-order valence-corrected chi connectivity index (χ0v) is 15.0. The molecule has 0 N–H and O–H groups in total. The summed E-state index contributed by atoms with van der Waals surface area (Å²) in [5.74, 6) is 2.39. The molecule has 1 aliphatic carbocycles. The van der Waals surface area contributed by atoms with E-state index in [1.807, 2.05) is 4.90 Å². The molecule has 0 aromatic carbocycles. The normalized spacial score (nSPS) is 21.2. The minimum atomic E-state index is 0.326. The van der Waals surface area contributed by atoms with Gasteiger partial charge in [-0.15, -0.1) is 0 Å². The Labute approximate surface area is 153 Å². The van der Waals surface area contributed by atoms with Crippen LogP contribution >= 0.6 is 0 Å². The highest BCUT2D eigenvalue weighted by molar-refractivity contribution is 5.76. The molecule has 7 heteroatoms. The summed E-state index contributed by atoms with van der Waals surface area (Å²) in [4.78, 5) is 27.3. The molecule has 26 heavy (non-hydrogen) atoms. The molecule has 1 amide bonds. The molecule has 2 fully saturated rings. The summed E-state index contributed by atoms with van der Waals surface area (Å²) in [5, 5.41) is 4.01. The summed E-state index contributed by atoms with van der Waals surface area (Å²) in [6, 6.07) is 0. The van der Waals surface area contributed by atoms with Crippen molar-refractivity contribution in [2.75, 3.05) is 13.1 Å². The standard InChI is InChI=1S/C19H25N5O2/c25-18(11-14-4-1-2-5-14)24-9-3-6-15(13-24)10-17-22-19(23-26-17)16-12-20-7-8-21-16/h7-8,12,14-15H,1-6,9-11,13H2. The van der Waals surface area contributed by atoms with Gasteiger partial charge >= 0.3 is 0 Å². The zero-order valence-electron chi connectivity index (χ0n) is 15.0. The van der Waals surface area contributed by atoms with Crippen LogP contribution in [0.2, 0.25) is 0 Å².